The van der Waals surface area contributed by atoms with Gasteiger partial charge in [0.05, 0.1) is 12.6 Å². The molecule has 0 bridgehead atoms. The molecule has 0 radical (unpaired) electrons. The van der Waals surface area contributed by atoms with E-state index in [0.717, 1.165) is 6.42 Å². The molecule has 1 atom stereocenters. The van der Waals surface area contributed by atoms with E-state index < -0.39 is 0 Å². The van der Waals surface area contributed by atoms with Gasteiger partial charge >= 0.3 is 6.03 Å². The van der Waals surface area contributed by atoms with Gasteiger partial charge < -0.3 is 15.8 Å². The van der Waals surface area contributed by atoms with Crippen molar-refractivity contribution in [2.75, 3.05) is 13.2 Å². The number of thiocarbonyl (C=S) groups is 1. The van der Waals surface area contributed by atoms with E-state index in [1.165, 1.54) is 0 Å². The van der Waals surface area contributed by atoms with E-state index >= 15 is 0 Å². The molecule has 1 heterocycles. The molecule has 0 saturated carbocycles. The van der Waals surface area contributed by atoms with Crippen LogP contribution in [0.15, 0.2) is 0 Å². The lowest BCUT2D eigenvalue weighted by Gasteiger charge is -2.11. The molecule has 1 aliphatic rings. The van der Waals surface area contributed by atoms with Crippen LogP contribution in [0.4, 0.5) is 4.79 Å². The number of hydrazine groups is 1. The van der Waals surface area contributed by atoms with Gasteiger partial charge in [0.1, 0.15) is 0 Å². The molecule has 1 rings (SSSR count). The molecule has 2 amide bonds. The Labute approximate surface area is 81.2 Å². The van der Waals surface area contributed by atoms with Crippen LogP contribution in [0.2, 0.25) is 0 Å². The zero-order chi connectivity index (χ0) is 9.68. The molecule has 0 aromatic heterocycles. The largest absolute Gasteiger partial charge is 0.379 e. The monoisotopic (exact) mass is 204 g/mol. The molecule has 6 nitrogen and oxygen atoms in total. The van der Waals surface area contributed by atoms with Crippen molar-refractivity contribution in [2.45, 2.75) is 12.5 Å². The van der Waals surface area contributed by atoms with Gasteiger partial charge in [-0.1, -0.05) is 0 Å². The second-order valence-corrected chi connectivity index (χ2v) is 3.09. The van der Waals surface area contributed by atoms with Crippen LogP contribution in [0, 0.1) is 0 Å². The minimum absolute atomic E-state index is 0.0258. The van der Waals surface area contributed by atoms with Crippen molar-refractivity contribution >= 4 is 23.4 Å². The highest BCUT2D eigenvalue weighted by atomic mass is 32.1. The van der Waals surface area contributed by atoms with Crippen molar-refractivity contribution in [3.8, 4) is 0 Å². The second kappa shape index (κ2) is 4.83. The van der Waals surface area contributed by atoms with Gasteiger partial charge in [-0.3, -0.25) is 5.43 Å². The van der Waals surface area contributed by atoms with E-state index in [1.54, 1.807) is 0 Å². The lowest BCUT2D eigenvalue weighted by molar-refractivity contribution is 0.188. The normalized spacial score (nSPS) is 20.8. The Balaban J connectivity index is 2.13. The third-order valence-corrected chi connectivity index (χ3v) is 1.67. The van der Waals surface area contributed by atoms with Crippen LogP contribution in [0.3, 0.4) is 0 Å². The Bertz CT molecular complexity index is 205. The molecule has 1 unspecified atom stereocenters. The minimum Gasteiger partial charge on any atom is -0.379 e. The molecule has 1 fully saturated rings. The van der Waals surface area contributed by atoms with Crippen LogP contribution >= 0.6 is 12.2 Å². The maximum Gasteiger partial charge on any atom is 0.333 e. The van der Waals surface area contributed by atoms with Gasteiger partial charge in [0.25, 0.3) is 0 Å². The van der Waals surface area contributed by atoms with Gasteiger partial charge in [-0.25, -0.2) is 10.2 Å². The number of ether oxygens (including phenoxy) is 1. The molecule has 0 aromatic rings. The van der Waals surface area contributed by atoms with E-state index in [4.69, 9.17) is 10.5 Å². The molecular weight excluding hydrogens is 192 g/mol. The van der Waals surface area contributed by atoms with E-state index in [2.05, 4.69) is 28.4 Å². The number of nitrogens with two attached hydrogens (primary N) is 1. The summed E-state index contributed by atoms with van der Waals surface area (Å²) < 4.78 is 5.07. The standard InChI is InChI=1S/C6H12N4O2S/c7-5(13)9-10-6(11)8-4-1-2-12-3-4/h4H,1-3H2,(H3,7,9,13)(H2,8,10,11). The van der Waals surface area contributed by atoms with Crippen molar-refractivity contribution in [3.63, 3.8) is 0 Å². The first-order valence-corrected chi connectivity index (χ1v) is 4.29. The SMILES string of the molecule is NC(=S)NNC(=O)NC1CCOC1. The zero-order valence-electron chi connectivity index (χ0n) is 7.00. The average molecular weight is 204 g/mol. The van der Waals surface area contributed by atoms with Crippen molar-refractivity contribution in [2.24, 2.45) is 5.73 Å². The predicted molar refractivity (Wildman–Crippen MR) is 50.8 cm³/mol. The smallest absolute Gasteiger partial charge is 0.333 e. The quantitative estimate of drug-likeness (QED) is 0.319. The maximum absolute atomic E-state index is 11.0. The highest BCUT2D eigenvalue weighted by Gasteiger charge is 2.17. The molecule has 0 aliphatic carbocycles. The first-order valence-electron chi connectivity index (χ1n) is 3.88. The number of nitrogens with one attached hydrogen (secondary N) is 3. The number of carbonyl (C=O) groups excluding carboxylic acids is 1. The summed E-state index contributed by atoms with van der Waals surface area (Å²) in [5.41, 5.74) is 9.71. The predicted octanol–water partition coefficient (Wildman–Crippen LogP) is -1.18. The fourth-order valence-electron chi connectivity index (χ4n) is 0.988. The Morgan fingerprint density at radius 3 is 2.85 bits per heavy atom. The fraction of sp³-hybridized carbons (Fsp3) is 0.667. The Morgan fingerprint density at radius 1 is 1.54 bits per heavy atom. The first-order chi connectivity index (χ1) is 6.18. The summed E-state index contributed by atoms with van der Waals surface area (Å²) >= 11 is 4.50. The topological polar surface area (TPSA) is 88.4 Å². The van der Waals surface area contributed by atoms with Crippen LogP contribution in [0.25, 0.3) is 0 Å². The second-order valence-electron chi connectivity index (χ2n) is 2.65. The van der Waals surface area contributed by atoms with E-state index in [-0.39, 0.29) is 17.2 Å². The molecule has 74 valence electrons. The summed E-state index contributed by atoms with van der Waals surface area (Å²) in [5, 5.41) is 2.71. The van der Waals surface area contributed by atoms with Gasteiger partial charge in [0.15, 0.2) is 5.11 Å². The summed E-state index contributed by atoms with van der Waals surface area (Å²) in [6, 6.07) is -0.281. The maximum atomic E-state index is 11.0. The molecule has 0 aromatic carbocycles. The van der Waals surface area contributed by atoms with Crippen molar-refractivity contribution in [1.82, 2.24) is 16.2 Å². The lowest BCUT2D eigenvalue weighted by atomic mass is 10.3. The summed E-state index contributed by atoms with van der Waals surface area (Å²) in [4.78, 5) is 11.0. The molecule has 1 aliphatic heterocycles. The molecule has 0 spiro atoms. The van der Waals surface area contributed by atoms with Crippen LogP contribution < -0.4 is 21.9 Å². The molecule has 7 heteroatoms. The Hall–Kier alpha value is -1.08. The molecular formula is C6H12N4O2S. The number of urea groups is 1. The summed E-state index contributed by atoms with van der Waals surface area (Å²) in [5.74, 6) is 0. The summed E-state index contributed by atoms with van der Waals surface area (Å²) in [6.45, 7) is 1.24. The van der Waals surface area contributed by atoms with Gasteiger partial charge in [0.2, 0.25) is 0 Å². The molecule has 1 saturated heterocycles. The first kappa shape index (κ1) is 10.0. The van der Waals surface area contributed by atoms with Gasteiger partial charge in [0, 0.05) is 6.61 Å². The summed E-state index contributed by atoms with van der Waals surface area (Å²) in [6.07, 6.45) is 0.834. The van der Waals surface area contributed by atoms with Crippen LogP contribution in [-0.4, -0.2) is 30.4 Å². The van der Waals surface area contributed by atoms with Crippen LogP contribution in [-0.2, 0) is 4.74 Å². The number of carbonyl (C=O) groups is 1. The number of hydrogen-bond donors (Lipinski definition) is 4. The van der Waals surface area contributed by atoms with E-state index in [1.807, 2.05) is 0 Å². The Morgan fingerprint density at radius 2 is 2.31 bits per heavy atom. The third kappa shape index (κ3) is 3.90. The van der Waals surface area contributed by atoms with Gasteiger partial charge in [-0.05, 0) is 18.6 Å². The molecule has 13 heavy (non-hydrogen) atoms. The molecule has 5 N–H and O–H groups in total. The summed E-state index contributed by atoms with van der Waals surface area (Å²) in [7, 11) is 0. The lowest BCUT2D eigenvalue weighted by Crippen LogP contribution is -2.51. The third-order valence-electron chi connectivity index (χ3n) is 1.56. The van der Waals surface area contributed by atoms with Crippen molar-refractivity contribution < 1.29 is 9.53 Å². The van der Waals surface area contributed by atoms with Gasteiger partial charge in [-0.2, -0.15) is 0 Å². The fourth-order valence-corrected chi connectivity index (χ4v) is 1.04. The minimum atomic E-state index is -0.358. The van der Waals surface area contributed by atoms with Crippen LogP contribution in [0.1, 0.15) is 6.42 Å². The highest BCUT2D eigenvalue weighted by Crippen LogP contribution is 2.02. The number of amides is 2. The van der Waals surface area contributed by atoms with E-state index in [9.17, 15) is 4.79 Å². The van der Waals surface area contributed by atoms with E-state index in [0.29, 0.717) is 13.2 Å². The van der Waals surface area contributed by atoms with Gasteiger partial charge in [-0.15, -0.1) is 0 Å². The van der Waals surface area contributed by atoms with Crippen molar-refractivity contribution in [3.05, 3.63) is 0 Å². The Kier molecular flexibility index (Phi) is 3.71. The van der Waals surface area contributed by atoms with Crippen LogP contribution in [0.5, 0.6) is 0 Å². The zero-order valence-corrected chi connectivity index (χ0v) is 7.82. The average Bonchev–Trinajstić information content (AvgIpc) is 2.53. The number of rotatable bonds is 1. The van der Waals surface area contributed by atoms with Crippen molar-refractivity contribution in [1.29, 1.82) is 0 Å². The highest BCUT2D eigenvalue weighted by molar-refractivity contribution is 7.80. The number of hydrogen-bond acceptors (Lipinski definition) is 3.